The molecule has 1 unspecified atom stereocenters. The number of para-hydroxylation sites is 1. The maximum absolute atomic E-state index is 13.2. The zero-order valence-electron chi connectivity index (χ0n) is 19.4. The topological polar surface area (TPSA) is 76.1 Å². The second kappa shape index (κ2) is 9.83. The number of rotatable bonds is 7. The number of methoxy groups -OCH3 is 1. The van der Waals surface area contributed by atoms with Gasteiger partial charge in [-0.2, -0.15) is 0 Å². The van der Waals surface area contributed by atoms with E-state index >= 15 is 0 Å². The summed E-state index contributed by atoms with van der Waals surface area (Å²) in [4.78, 5) is 27.9. The maximum Gasteiger partial charge on any atom is 0.295 e. The van der Waals surface area contributed by atoms with Gasteiger partial charge in [0.25, 0.3) is 11.7 Å². The first-order valence-corrected chi connectivity index (χ1v) is 11.1. The highest BCUT2D eigenvalue weighted by atomic mass is 16.5. The van der Waals surface area contributed by atoms with Crippen molar-refractivity contribution in [3.05, 3.63) is 101 Å². The van der Waals surface area contributed by atoms with Crippen LogP contribution in [0, 0.1) is 0 Å². The standard InChI is InChI=1S/C28H27NO5/c1-18(2)34-22-15-13-19(14-16-22)25-24(26(30)20-9-5-4-6-10-20)27(31)28(32)29(25)17-21-11-7-8-12-23(21)33-3/h4-16,18,25,30H,17H2,1-3H3/b26-24+. The Bertz CT molecular complexity index is 1220. The molecule has 1 heterocycles. The predicted octanol–water partition coefficient (Wildman–Crippen LogP) is 5.10. The fourth-order valence-corrected chi connectivity index (χ4v) is 4.16. The van der Waals surface area contributed by atoms with E-state index in [0.717, 1.165) is 5.56 Å². The number of hydrogen-bond donors (Lipinski definition) is 1. The van der Waals surface area contributed by atoms with Crippen molar-refractivity contribution in [1.29, 1.82) is 0 Å². The summed E-state index contributed by atoms with van der Waals surface area (Å²) in [5.74, 6) is -0.288. The Morgan fingerprint density at radius 3 is 2.24 bits per heavy atom. The number of benzene rings is 3. The van der Waals surface area contributed by atoms with E-state index in [1.54, 1.807) is 43.5 Å². The lowest BCUT2D eigenvalue weighted by Gasteiger charge is -2.26. The van der Waals surface area contributed by atoms with Crippen molar-refractivity contribution in [3.8, 4) is 11.5 Å². The lowest BCUT2D eigenvalue weighted by atomic mass is 9.95. The van der Waals surface area contributed by atoms with Crippen molar-refractivity contribution in [2.45, 2.75) is 32.5 Å². The number of amides is 1. The maximum atomic E-state index is 13.2. The van der Waals surface area contributed by atoms with Crippen LogP contribution in [0.3, 0.4) is 0 Å². The molecule has 174 valence electrons. The van der Waals surface area contributed by atoms with Crippen molar-refractivity contribution in [3.63, 3.8) is 0 Å². The van der Waals surface area contributed by atoms with E-state index in [9.17, 15) is 14.7 Å². The molecule has 34 heavy (non-hydrogen) atoms. The van der Waals surface area contributed by atoms with E-state index in [-0.39, 0.29) is 24.0 Å². The Balaban J connectivity index is 1.83. The van der Waals surface area contributed by atoms with Gasteiger partial charge in [-0.05, 0) is 37.6 Å². The molecule has 0 saturated carbocycles. The van der Waals surface area contributed by atoms with Crippen molar-refractivity contribution in [1.82, 2.24) is 4.90 Å². The Hall–Kier alpha value is -4.06. The average Bonchev–Trinajstić information content (AvgIpc) is 3.09. The third kappa shape index (κ3) is 4.53. The second-order valence-electron chi connectivity index (χ2n) is 8.34. The molecule has 0 aromatic heterocycles. The van der Waals surface area contributed by atoms with Crippen LogP contribution in [0.5, 0.6) is 11.5 Å². The summed E-state index contributed by atoms with van der Waals surface area (Å²) < 4.78 is 11.2. The van der Waals surface area contributed by atoms with Gasteiger partial charge >= 0.3 is 0 Å². The summed E-state index contributed by atoms with van der Waals surface area (Å²) in [6.07, 6.45) is 0.0140. The van der Waals surface area contributed by atoms with Crippen LogP contribution < -0.4 is 9.47 Å². The minimum Gasteiger partial charge on any atom is -0.507 e. The van der Waals surface area contributed by atoms with Gasteiger partial charge in [0.05, 0.1) is 31.4 Å². The summed E-state index contributed by atoms with van der Waals surface area (Å²) in [6, 6.07) is 22.6. The molecule has 3 aromatic rings. The normalized spacial score (nSPS) is 17.3. The van der Waals surface area contributed by atoms with E-state index in [2.05, 4.69) is 0 Å². The molecule has 1 fully saturated rings. The van der Waals surface area contributed by atoms with Gasteiger partial charge in [-0.3, -0.25) is 9.59 Å². The SMILES string of the molecule is COc1ccccc1CN1C(=O)C(=O)/C(=C(/O)c2ccccc2)C1c1ccc(OC(C)C)cc1. The number of likely N-dealkylation sites (tertiary alicyclic amines) is 1. The highest BCUT2D eigenvalue weighted by Crippen LogP contribution is 2.41. The predicted molar refractivity (Wildman–Crippen MR) is 129 cm³/mol. The quantitative estimate of drug-likeness (QED) is 0.303. The van der Waals surface area contributed by atoms with Gasteiger partial charge < -0.3 is 19.5 Å². The second-order valence-corrected chi connectivity index (χ2v) is 8.34. The van der Waals surface area contributed by atoms with E-state index in [0.29, 0.717) is 22.6 Å². The average molecular weight is 458 g/mol. The lowest BCUT2D eigenvalue weighted by molar-refractivity contribution is -0.140. The largest absolute Gasteiger partial charge is 0.507 e. The lowest BCUT2D eigenvalue weighted by Crippen LogP contribution is -2.29. The van der Waals surface area contributed by atoms with Crippen LogP contribution >= 0.6 is 0 Å². The Labute approximate surface area is 199 Å². The highest BCUT2D eigenvalue weighted by Gasteiger charge is 2.46. The summed E-state index contributed by atoms with van der Waals surface area (Å²) >= 11 is 0. The molecule has 0 radical (unpaired) electrons. The molecule has 0 bridgehead atoms. The summed E-state index contributed by atoms with van der Waals surface area (Å²) in [6.45, 7) is 4.03. The third-order valence-electron chi connectivity index (χ3n) is 5.69. The van der Waals surface area contributed by atoms with Gasteiger partial charge in [-0.1, -0.05) is 60.7 Å². The van der Waals surface area contributed by atoms with Crippen LogP contribution in [-0.4, -0.2) is 34.9 Å². The van der Waals surface area contributed by atoms with Gasteiger partial charge in [0.15, 0.2) is 0 Å². The Morgan fingerprint density at radius 1 is 0.941 bits per heavy atom. The fraction of sp³-hybridized carbons (Fsp3) is 0.214. The molecule has 1 amide bonds. The Morgan fingerprint density at radius 2 is 1.59 bits per heavy atom. The minimum absolute atomic E-state index is 0.0140. The number of aliphatic hydroxyl groups excluding tert-OH is 1. The Kier molecular flexibility index (Phi) is 6.68. The van der Waals surface area contributed by atoms with Crippen molar-refractivity contribution < 1.29 is 24.2 Å². The number of carbonyl (C=O) groups excluding carboxylic acids is 2. The van der Waals surface area contributed by atoms with Crippen LogP contribution in [-0.2, 0) is 16.1 Å². The molecule has 0 spiro atoms. The summed E-state index contributed by atoms with van der Waals surface area (Å²) in [7, 11) is 1.56. The third-order valence-corrected chi connectivity index (χ3v) is 5.69. The molecule has 1 saturated heterocycles. The highest BCUT2D eigenvalue weighted by molar-refractivity contribution is 6.46. The van der Waals surface area contributed by atoms with Gasteiger partial charge in [0.1, 0.15) is 17.3 Å². The van der Waals surface area contributed by atoms with E-state index in [1.165, 1.54) is 4.90 Å². The van der Waals surface area contributed by atoms with Gasteiger partial charge in [-0.25, -0.2) is 0 Å². The van der Waals surface area contributed by atoms with Gasteiger partial charge in [0.2, 0.25) is 0 Å². The monoisotopic (exact) mass is 457 g/mol. The fourth-order valence-electron chi connectivity index (χ4n) is 4.16. The van der Waals surface area contributed by atoms with Crippen molar-refractivity contribution in [2.24, 2.45) is 0 Å². The van der Waals surface area contributed by atoms with Gasteiger partial charge in [0, 0.05) is 11.1 Å². The molecule has 6 nitrogen and oxygen atoms in total. The molecule has 3 aromatic carbocycles. The first-order chi connectivity index (χ1) is 16.4. The van der Waals surface area contributed by atoms with Crippen molar-refractivity contribution in [2.75, 3.05) is 7.11 Å². The summed E-state index contributed by atoms with van der Waals surface area (Å²) in [5.41, 5.74) is 1.99. The molecular weight excluding hydrogens is 430 g/mol. The van der Waals surface area contributed by atoms with E-state index in [1.807, 2.05) is 56.3 Å². The number of nitrogens with zero attached hydrogens (tertiary/aromatic N) is 1. The van der Waals surface area contributed by atoms with Crippen molar-refractivity contribution >= 4 is 17.4 Å². The molecule has 0 aliphatic carbocycles. The number of aliphatic hydroxyl groups is 1. The smallest absolute Gasteiger partial charge is 0.295 e. The molecule has 1 aliphatic heterocycles. The molecular formula is C28H27NO5. The molecule has 1 N–H and O–H groups in total. The van der Waals surface area contributed by atoms with Crippen LogP contribution in [0.15, 0.2) is 84.4 Å². The number of carbonyl (C=O) groups is 2. The van der Waals surface area contributed by atoms with Crippen LogP contribution in [0.25, 0.3) is 5.76 Å². The first-order valence-electron chi connectivity index (χ1n) is 11.1. The van der Waals surface area contributed by atoms with Gasteiger partial charge in [-0.15, -0.1) is 0 Å². The summed E-state index contributed by atoms with van der Waals surface area (Å²) in [5, 5.41) is 11.1. The first kappa shape index (κ1) is 23.1. The molecule has 1 aliphatic rings. The molecule has 4 rings (SSSR count). The van der Waals surface area contributed by atoms with Crippen LogP contribution in [0.1, 0.15) is 36.6 Å². The zero-order valence-corrected chi connectivity index (χ0v) is 19.4. The van der Waals surface area contributed by atoms with E-state index < -0.39 is 17.7 Å². The van der Waals surface area contributed by atoms with E-state index in [4.69, 9.17) is 9.47 Å². The number of ketones is 1. The van der Waals surface area contributed by atoms with Crippen LogP contribution in [0.4, 0.5) is 0 Å². The number of ether oxygens (including phenoxy) is 2. The molecule has 6 heteroatoms. The minimum atomic E-state index is -0.766. The number of Topliss-reactive ketones (excluding diaryl/α,β-unsaturated/α-hetero) is 1. The number of hydrogen-bond acceptors (Lipinski definition) is 5. The van der Waals surface area contributed by atoms with Crippen LogP contribution in [0.2, 0.25) is 0 Å². The molecule has 1 atom stereocenters. The zero-order chi connectivity index (χ0) is 24.2.